The van der Waals surface area contributed by atoms with Crippen LogP contribution in [0.2, 0.25) is 0 Å². The normalized spacial score (nSPS) is 27.9. The van der Waals surface area contributed by atoms with Crippen LogP contribution in [-0.4, -0.2) is 46.3 Å². The second-order valence-electron chi connectivity index (χ2n) is 8.32. The van der Waals surface area contributed by atoms with E-state index in [4.69, 9.17) is 0 Å². The average Bonchev–Trinajstić information content (AvgIpc) is 2.86. The maximum Gasteiger partial charge on any atom is 0.325 e. The smallest absolute Gasteiger partial charge is 0.325 e. The van der Waals surface area contributed by atoms with E-state index in [1.807, 2.05) is 43.0 Å². The molecule has 2 heterocycles. The highest BCUT2D eigenvalue weighted by Gasteiger charge is 2.50. The Morgan fingerprint density at radius 3 is 2.32 bits per heavy atom. The van der Waals surface area contributed by atoms with Crippen molar-refractivity contribution in [3.05, 3.63) is 35.4 Å². The Hall–Kier alpha value is -2.37. The average molecular weight is 386 g/mol. The van der Waals surface area contributed by atoms with Crippen molar-refractivity contribution in [2.45, 2.75) is 77.4 Å². The first-order valence-corrected chi connectivity index (χ1v) is 10.3. The zero-order chi connectivity index (χ0) is 20.5. The van der Waals surface area contributed by atoms with Crippen molar-refractivity contribution in [1.29, 1.82) is 0 Å². The summed E-state index contributed by atoms with van der Waals surface area (Å²) >= 11 is 0. The van der Waals surface area contributed by atoms with Crippen LogP contribution in [0.25, 0.3) is 0 Å². The van der Waals surface area contributed by atoms with Gasteiger partial charge in [0.2, 0.25) is 5.91 Å². The van der Waals surface area contributed by atoms with Gasteiger partial charge in [0.05, 0.1) is 0 Å². The van der Waals surface area contributed by atoms with Crippen molar-refractivity contribution in [2.24, 2.45) is 0 Å². The number of hydrogen-bond acceptors (Lipinski definition) is 3. The fourth-order valence-electron chi connectivity index (χ4n) is 4.46. The van der Waals surface area contributed by atoms with Crippen LogP contribution in [0.15, 0.2) is 24.3 Å². The summed E-state index contributed by atoms with van der Waals surface area (Å²) in [6.07, 6.45) is 5.04. The van der Waals surface area contributed by atoms with Crippen LogP contribution in [0.3, 0.4) is 0 Å². The maximum atomic E-state index is 13.1. The van der Waals surface area contributed by atoms with Gasteiger partial charge in [-0.2, -0.15) is 0 Å². The molecular weight excluding hydrogens is 354 g/mol. The van der Waals surface area contributed by atoms with Gasteiger partial charge in [0.25, 0.3) is 5.91 Å². The summed E-state index contributed by atoms with van der Waals surface area (Å²) in [5.74, 6) is -0.530. The summed E-state index contributed by atoms with van der Waals surface area (Å²) in [7, 11) is 0. The third-order valence-electron chi connectivity index (χ3n) is 6.12. The number of rotatable bonds is 5. The zero-order valence-corrected chi connectivity index (χ0v) is 17.3. The molecule has 0 aliphatic carbocycles. The van der Waals surface area contributed by atoms with Crippen molar-refractivity contribution >= 4 is 17.8 Å². The van der Waals surface area contributed by atoms with E-state index in [9.17, 15) is 14.4 Å². The molecule has 4 amide bonds. The Morgan fingerprint density at radius 1 is 1.14 bits per heavy atom. The van der Waals surface area contributed by atoms with Gasteiger partial charge in [-0.15, -0.1) is 0 Å². The molecule has 6 nitrogen and oxygen atoms in total. The van der Waals surface area contributed by atoms with Crippen molar-refractivity contribution in [3.8, 4) is 0 Å². The summed E-state index contributed by atoms with van der Waals surface area (Å²) in [6, 6.07) is 7.54. The molecule has 2 aliphatic rings. The van der Waals surface area contributed by atoms with Gasteiger partial charge in [0.15, 0.2) is 0 Å². The molecular formula is C22H31N3O3. The minimum atomic E-state index is -1.14. The van der Waals surface area contributed by atoms with Crippen LogP contribution < -0.4 is 5.32 Å². The van der Waals surface area contributed by atoms with E-state index in [1.54, 1.807) is 6.92 Å². The molecule has 0 aromatic heterocycles. The monoisotopic (exact) mass is 385 g/mol. The van der Waals surface area contributed by atoms with Gasteiger partial charge < -0.3 is 10.2 Å². The number of nitrogens with zero attached hydrogens (tertiary/aromatic N) is 2. The number of benzene rings is 1. The quantitative estimate of drug-likeness (QED) is 0.792. The Bertz CT molecular complexity index is 751. The minimum absolute atomic E-state index is 0.134. The number of aryl methyl sites for hydroxylation is 1. The van der Waals surface area contributed by atoms with E-state index in [-0.39, 0.29) is 30.4 Å². The Kier molecular flexibility index (Phi) is 5.77. The van der Waals surface area contributed by atoms with E-state index in [0.717, 1.165) is 42.6 Å². The standard InChI is InChI=1S/C22H31N3O3/c1-5-7-17-10-12-18(13-11-17)22(4)20(27)24(21(28)23-22)14-19(26)25-15(2)8-6-9-16(25)3/h10-13,15-16H,5-9,14H2,1-4H3,(H,23,28). The summed E-state index contributed by atoms with van der Waals surface area (Å²) in [6.45, 7) is 7.68. The van der Waals surface area contributed by atoms with Gasteiger partial charge in [-0.25, -0.2) is 4.79 Å². The summed E-state index contributed by atoms with van der Waals surface area (Å²) in [5.41, 5.74) is 0.799. The molecule has 1 aromatic rings. The predicted molar refractivity (Wildman–Crippen MR) is 108 cm³/mol. The van der Waals surface area contributed by atoms with E-state index in [1.165, 1.54) is 5.56 Å². The highest BCUT2D eigenvalue weighted by molar-refractivity contribution is 6.09. The molecule has 0 radical (unpaired) electrons. The molecule has 2 aliphatic heterocycles. The Balaban J connectivity index is 1.76. The lowest BCUT2D eigenvalue weighted by Gasteiger charge is -2.39. The van der Waals surface area contributed by atoms with Gasteiger partial charge >= 0.3 is 6.03 Å². The molecule has 3 atom stereocenters. The van der Waals surface area contributed by atoms with Crippen LogP contribution in [0.5, 0.6) is 0 Å². The zero-order valence-electron chi connectivity index (χ0n) is 17.3. The minimum Gasteiger partial charge on any atom is -0.336 e. The van der Waals surface area contributed by atoms with Crippen molar-refractivity contribution in [1.82, 2.24) is 15.1 Å². The number of piperidine rings is 1. The van der Waals surface area contributed by atoms with Gasteiger partial charge in [-0.1, -0.05) is 37.6 Å². The molecule has 0 bridgehead atoms. The van der Waals surface area contributed by atoms with Gasteiger partial charge in [-0.05, 0) is 57.6 Å². The second-order valence-corrected chi connectivity index (χ2v) is 8.32. The number of urea groups is 1. The lowest BCUT2D eigenvalue weighted by atomic mass is 9.91. The SMILES string of the molecule is CCCc1ccc(C2(C)NC(=O)N(CC(=O)N3C(C)CCCC3C)C2=O)cc1. The first-order chi connectivity index (χ1) is 13.3. The predicted octanol–water partition coefficient (Wildman–Crippen LogP) is 3.20. The molecule has 152 valence electrons. The lowest BCUT2D eigenvalue weighted by Crippen LogP contribution is -2.52. The molecule has 6 heteroatoms. The number of imide groups is 1. The van der Waals surface area contributed by atoms with Crippen LogP contribution >= 0.6 is 0 Å². The second kappa shape index (κ2) is 7.94. The van der Waals surface area contributed by atoms with Gasteiger partial charge in [0.1, 0.15) is 12.1 Å². The van der Waals surface area contributed by atoms with E-state index in [2.05, 4.69) is 12.2 Å². The topological polar surface area (TPSA) is 69.7 Å². The van der Waals surface area contributed by atoms with E-state index >= 15 is 0 Å². The molecule has 2 saturated heterocycles. The van der Waals surface area contributed by atoms with Crippen LogP contribution in [0, 0.1) is 0 Å². The van der Waals surface area contributed by atoms with Crippen molar-refractivity contribution in [2.75, 3.05) is 6.54 Å². The molecule has 1 N–H and O–H groups in total. The van der Waals surface area contributed by atoms with Crippen molar-refractivity contribution < 1.29 is 14.4 Å². The van der Waals surface area contributed by atoms with Crippen LogP contribution in [-0.2, 0) is 21.5 Å². The fraction of sp³-hybridized carbons (Fsp3) is 0.591. The summed E-state index contributed by atoms with van der Waals surface area (Å²) < 4.78 is 0. The molecule has 1 aromatic carbocycles. The van der Waals surface area contributed by atoms with Crippen molar-refractivity contribution in [3.63, 3.8) is 0 Å². The largest absolute Gasteiger partial charge is 0.336 e. The number of carbonyl (C=O) groups excluding carboxylic acids is 3. The third kappa shape index (κ3) is 3.64. The molecule has 0 spiro atoms. The Morgan fingerprint density at radius 2 is 1.75 bits per heavy atom. The molecule has 2 fully saturated rings. The van der Waals surface area contributed by atoms with Crippen LogP contribution in [0.4, 0.5) is 4.79 Å². The fourth-order valence-corrected chi connectivity index (χ4v) is 4.46. The number of hydrogen-bond donors (Lipinski definition) is 1. The first kappa shape index (κ1) is 20.4. The molecule has 3 rings (SSSR count). The number of nitrogens with one attached hydrogen (secondary N) is 1. The first-order valence-electron chi connectivity index (χ1n) is 10.3. The molecule has 3 unspecified atom stereocenters. The van der Waals surface area contributed by atoms with Crippen LogP contribution in [0.1, 0.15) is 64.5 Å². The molecule has 28 heavy (non-hydrogen) atoms. The number of likely N-dealkylation sites (tertiary alicyclic amines) is 1. The maximum absolute atomic E-state index is 13.1. The number of carbonyl (C=O) groups is 3. The highest BCUT2D eigenvalue weighted by atomic mass is 16.2. The van der Waals surface area contributed by atoms with Gasteiger partial charge in [0, 0.05) is 12.1 Å². The lowest BCUT2D eigenvalue weighted by molar-refractivity contribution is -0.142. The number of amides is 4. The third-order valence-corrected chi connectivity index (χ3v) is 6.12. The highest BCUT2D eigenvalue weighted by Crippen LogP contribution is 2.30. The summed E-state index contributed by atoms with van der Waals surface area (Å²) in [5, 5.41) is 2.80. The van der Waals surface area contributed by atoms with E-state index < -0.39 is 11.6 Å². The van der Waals surface area contributed by atoms with E-state index in [0.29, 0.717) is 0 Å². The van der Waals surface area contributed by atoms with Gasteiger partial charge in [-0.3, -0.25) is 14.5 Å². The summed E-state index contributed by atoms with van der Waals surface area (Å²) in [4.78, 5) is 41.4. The molecule has 0 saturated carbocycles. The Labute approximate surface area is 167 Å².